The average Bonchev–Trinajstić information content (AvgIpc) is 2.39. The highest BCUT2D eigenvalue weighted by Gasteiger charge is 2.20. The molecule has 1 fully saturated rings. The number of ether oxygens (including phenoxy) is 1. The molecule has 4 heteroatoms. The Bertz CT molecular complexity index is 439. The van der Waals surface area contributed by atoms with E-state index < -0.39 is 0 Å². The van der Waals surface area contributed by atoms with E-state index in [-0.39, 0.29) is 6.10 Å². The topological polar surface area (TPSA) is 49.1 Å². The Kier molecular flexibility index (Phi) is 3.60. The summed E-state index contributed by atoms with van der Waals surface area (Å²) in [5, 5.41) is 8.98. The molecule has 2 rings (SSSR count). The monoisotopic (exact) mass is 231 g/mol. The predicted molar refractivity (Wildman–Crippen MR) is 65.9 cm³/mol. The second-order valence-electron chi connectivity index (χ2n) is 4.39. The van der Waals surface area contributed by atoms with Gasteiger partial charge in [0.1, 0.15) is 17.6 Å². The SMILES string of the molecule is COC1CCCN(c2ccc(C)c(C#N)n2)C1. The third kappa shape index (κ3) is 2.56. The van der Waals surface area contributed by atoms with Crippen molar-refractivity contribution in [1.82, 2.24) is 4.98 Å². The molecule has 0 N–H and O–H groups in total. The number of anilines is 1. The van der Waals surface area contributed by atoms with Gasteiger partial charge >= 0.3 is 0 Å². The van der Waals surface area contributed by atoms with Crippen LogP contribution in [0.15, 0.2) is 12.1 Å². The van der Waals surface area contributed by atoms with Gasteiger partial charge in [-0.3, -0.25) is 0 Å². The second kappa shape index (κ2) is 5.15. The molecule has 1 saturated heterocycles. The summed E-state index contributed by atoms with van der Waals surface area (Å²) in [6.45, 7) is 3.75. The van der Waals surface area contributed by atoms with E-state index in [9.17, 15) is 0 Å². The fraction of sp³-hybridized carbons (Fsp3) is 0.538. The lowest BCUT2D eigenvalue weighted by molar-refractivity contribution is 0.0891. The molecule has 1 atom stereocenters. The maximum atomic E-state index is 8.98. The minimum atomic E-state index is 0.275. The number of rotatable bonds is 2. The first-order valence-corrected chi connectivity index (χ1v) is 5.90. The molecule has 2 heterocycles. The van der Waals surface area contributed by atoms with Gasteiger partial charge < -0.3 is 9.64 Å². The molecule has 0 amide bonds. The Labute approximate surface area is 102 Å². The van der Waals surface area contributed by atoms with E-state index in [1.165, 1.54) is 0 Å². The summed E-state index contributed by atoms with van der Waals surface area (Å²) >= 11 is 0. The van der Waals surface area contributed by atoms with Crippen LogP contribution in [0.25, 0.3) is 0 Å². The Morgan fingerprint density at radius 2 is 2.35 bits per heavy atom. The van der Waals surface area contributed by atoms with Gasteiger partial charge in [-0.1, -0.05) is 6.07 Å². The standard InChI is InChI=1S/C13H17N3O/c1-10-5-6-13(15-12(10)8-14)16-7-3-4-11(9-16)17-2/h5-6,11H,3-4,7,9H2,1-2H3. The Morgan fingerprint density at radius 3 is 3.06 bits per heavy atom. The van der Waals surface area contributed by atoms with Crippen molar-refractivity contribution < 1.29 is 4.74 Å². The van der Waals surface area contributed by atoms with E-state index >= 15 is 0 Å². The van der Waals surface area contributed by atoms with Gasteiger partial charge in [-0.25, -0.2) is 4.98 Å². The lowest BCUT2D eigenvalue weighted by Crippen LogP contribution is -2.39. The van der Waals surface area contributed by atoms with E-state index in [1.807, 2.05) is 19.1 Å². The van der Waals surface area contributed by atoms with Gasteiger partial charge in [-0.15, -0.1) is 0 Å². The minimum absolute atomic E-state index is 0.275. The zero-order valence-corrected chi connectivity index (χ0v) is 10.3. The highest BCUT2D eigenvalue weighted by Crippen LogP contribution is 2.20. The van der Waals surface area contributed by atoms with Crippen molar-refractivity contribution in [2.75, 3.05) is 25.1 Å². The van der Waals surface area contributed by atoms with E-state index in [0.717, 1.165) is 37.3 Å². The summed E-state index contributed by atoms with van der Waals surface area (Å²) in [4.78, 5) is 6.58. The Balaban J connectivity index is 2.19. The second-order valence-corrected chi connectivity index (χ2v) is 4.39. The molecule has 1 aliphatic heterocycles. The molecule has 0 spiro atoms. The summed E-state index contributed by atoms with van der Waals surface area (Å²) in [5.74, 6) is 0.883. The van der Waals surface area contributed by atoms with Crippen molar-refractivity contribution in [3.63, 3.8) is 0 Å². The van der Waals surface area contributed by atoms with E-state index in [4.69, 9.17) is 10.00 Å². The fourth-order valence-corrected chi connectivity index (χ4v) is 2.15. The van der Waals surface area contributed by atoms with Crippen molar-refractivity contribution in [2.45, 2.75) is 25.9 Å². The van der Waals surface area contributed by atoms with Crippen LogP contribution in [0.5, 0.6) is 0 Å². The molecular formula is C13H17N3O. The van der Waals surface area contributed by atoms with Crippen LogP contribution in [0, 0.1) is 18.3 Å². The van der Waals surface area contributed by atoms with Crippen LogP contribution < -0.4 is 4.90 Å². The maximum Gasteiger partial charge on any atom is 0.145 e. The van der Waals surface area contributed by atoms with Gasteiger partial charge in [0.05, 0.1) is 6.10 Å². The highest BCUT2D eigenvalue weighted by molar-refractivity contribution is 5.45. The van der Waals surface area contributed by atoms with Crippen LogP contribution in [0.3, 0.4) is 0 Å². The summed E-state index contributed by atoms with van der Waals surface area (Å²) in [7, 11) is 1.75. The van der Waals surface area contributed by atoms with Crippen LogP contribution in [0.4, 0.5) is 5.82 Å². The number of aromatic nitrogens is 1. The largest absolute Gasteiger partial charge is 0.380 e. The summed E-state index contributed by atoms with van der Waals surface area (Å²) < 4.78 is 5.39. The quantitative estimate of drug-likeness (QED) is 0.779. The summed E-state index contributed by atoms with van der Waals surface area (Å²) in [6, 6.07) is 6.07. The maximum absolute atomic E-state index is 8.98. The first kappa shape index (κ1) is 11.9. The summed E-state index contributed by atoms with van der Waals surface area (Å²) in [6.07, 6.45) is 2.48. The van der Waals surface area contributed by atoms with Crippen molar-refractivity contribution in [3.8, 4) is 6.07 Å². The first-order valence-electron chi connectivity index (χ1n) is 5.90. The average molecular weight is 231 g/mol. The van der Waals surface area contributed by atoms with E-state index in [2.05, 4.69) is 16.0 Å². The lowest BCUT2D eigenvalue weighted by Gasteiger charge is -2.32. The van der Waals surface area contributed by atoms with Crippen molar-refractivity contribution in [2.24, 2.45) is 0 Å². The highest BCUT2D eigenvalue weighted by atomic mass is 16.5. The van der Waals surface area contributed by atoms with Crippen LogP contribution in [0.1, 0.15) is 24.1 Å². The molecule has 4 nitrogen and oxygen atoms in total. The minimum Gasteiger partial charge on any atom is -0.380 e. The van der Waals surface area contributed by atoms with E-state index in [1.54, 1.807) is 7.11 Å². The molecule has 1 aromatic rings. The third-order valence-corrected chi connectivity index (χ3v) is 3.22. The number of hydrogen-bond acceptors (Lipinski definition) is 4. The summed E-state index contributed by atoms with van der Waals surface area (Å²) in [5.41, 5.74) is 1.44. The first-order chi connectivity index (χ1) is 8.24. The van der Waals surface area contributed by atoms with Gasteiger partial charge in [0.25, 0.3) is 0 Å². The number of pyridine rings is 1. The molecule has 1 unspecified atom stereocenters. The number of nitriles is 1. The number of aryl methyl sites for hydroxylation is 1. The zero-order valence-electron chi connectivity index (χ0n) is 10.3. The molecule has 17 heavy (non-hydrogen) atoms. The van der Waals surface area contributed by atoms with Gasteiger partial charge in [-0.2, -0.15) is 5.26 Å². The van der Waals surface area contributed by atoms with Crippen molar-refractivity contribution in [1.29, 1.82) is 5.26 Å². The lowest BCUT2D eigenvalue weighted by atomic mass is 10.1. The van der Waals surface area contributed by atoms with Crippen LogP contribution in [-0.4, -0.2) is 31.3 Å². The molecule has 0 saturated carbocycles. The molecule has 1 aromatic heterocycles. The molecule has 90 valence electrons. The van der Waals surface area contributed by atoms with Crippen molar-refractivity contribution >= 4 is 5.82 Å². The van der Waals surface area contributed by atoms with Gasteiger partial charge in [0.2, 0.25) is 0 Å². The normalized spacial score (nSPS) is 20.1. The molecule has 1 aliphatic rings. The number of hydrogen-bond donors (Lipinski definition) is 0. The number of nitrogens with zero attached hydrogens (tertiary/aromatic N) is 3. The van der Waals surface area contributed by atoms with Crippen LogP contribution >= 0.6 is 0 Å². The number of piperidine rings is 1. The molecule has 0 radical (unpaired) electrons. The zero-order chi connectivity index (χ0) is 12.3. The van der Waals surface area contributed by atoms with Crippen molar-refractivity contribution in [3.05, 3.63) is 23.4 Å². The number of methoxy groups -OCH3 is 1. The van der Waals surface area contributed by atoms with E-state index in [0.29, 0.717) is 5.69 Å². The predicted octanol–water partition coefficient (Wildman–Crippen LogP) is 1.88. The van der Waals surface area contributed by atoms with Gasteiger partial charge in [0, 0.05) is 20.2 Å². The van der Waals surface area contributed by atoms with Gasteiger partial charge in [-0.05, 0) is 31.4 Å². The van der Waals surface area contributed by atoms with Crippen LogP contribution in [0.2, 0.25) is 0 Å². The van der Waals surface area contributed by atoms with Crippen LogP contribution in [-0.2, 0) is 4.74 Å². The molecular weight excluding hydrogens is 214 g/mol. The fourth-order valence-electron chi connectivity index (χ4n) is 2.15. The smallest absolute Gasteiger partial charge is 0.145 e. The molecule has 0 bridgehead atoms. The Hall–Kier alpha value is -1.60. The Morgan fingerprint density at radius 1 is 1.53 bits per heavy atom. The third-order valence-electron chi connectivity index (χ3n) is 3.22. The molecule has 0 aliphatic carbocycles. The van der Waals surface area contributed by atoms with Gasteiger partial charge in [0.15, 0.2) is 0 Å². The molecule has 0 aromatic carbocycles.